The van der Waals surface area contributed by atoms with Gasteiger partial charge in [0.05, 0.1) is 11.9 Å². The van der Waals surface area contributed by atoms with E-state index in [0.717, 1.165) is 0 Å². The normalized spacial score (nSPS) is 10.5. The molecule has 2 rings (SSSR count). The number of amides is 1. The highest BCUT2D eigenvalue weighted by molar-refractivity contribution is 5.97. The van der Waals surface area contributed by atoms with Crippen molar-refractivity contribution in [3.63, 3.8) is 0 Å². The number of nitrogens with two attached hydrogens (primary N) is 1. The van der Waals surface area contributed by atoms with Gasteiger partial charge in [0, 0.05) is 13.1 Å². The van der Waals surface area contributed by atoms with Crippen molar-refractivity contribution in [2.75, 3.05) is 12.3 Å². The van der Waals surface area contributed by atoms with Gasteiger partial charge in [-0.3, -0.25) is 9.48 Å². The summed E-state index contributed by atoms with van der Waals surface area (Å²) in [5.74, 6) is -0.557. The van der Waals surface area contributed by atoms with Gasteiger partial charge < -0.3 is 11.1 Å². The van der Waals surface area contributed by atoms with Gasteiger partial charge in [0.2, 0.25) is 0 Å². The van der Waals surface area contributed by atoms with Crippen LogP contribution in [0.3, 0.4) is 0 Å². The number of hydrogen-bond acceptors (Lipinski definition) is 3. The molecule has 0 aliphatic rings. The van der Waals surface area contributed by atoms with E-state index in [9.17, 15) is 9.18 Å². The Kier molecular flexibility index (Phi) is 4.34. The second-order valence-corrected chi connectivity index (χ2v) is 4.36. The van der Waals surface area contributed by atoms with E-state index in [1.54, 1.807) is 18.2 Å². The predicted molar refractivity (Wildman–Crippen MR) is 74.8 cm³/mol. The maximum absolute atomic E-state index is 13.4. The molecular weight excluding hydrogens is 259 g/mol. The molecule has 0 aliphatic carbocycles. The van der Waals surface area contributed by atoms with Crippen molar-refractivity contribution in [3.05, 3.63) is 47.5 Å². The van der Waals surface area contributed by atoms with Gasteiger partial charge >= 0.3 is 0 Å². The summed E-state index contributed by atoms with van der Waals surface area (Å²) < 4.78 is 15.0. The summed E-state index contributed by atoms with van der Waals surface area (Å²) in [5.41, 5.74) is 6.99. The molecule has 1 heterocycles. The summed E-state index contributed by atoms with van der Waals surface area (Å²) in [6.07, 6.45) is 1.88. The van der Waals surface area contributed by atoms with E-state index in [0.29, 0.717) is 36.5 Å². The lowest BCUT2D eigenvalue weighted by Gasteiger charge is -2.08. The largest absolute Gasteiger partial charge is 0.396 e. The number of benzene rings is 1. The van der Waals surface area contributed by atoms with Gasteiger partial charge in [0.15, 0.2) is 0 Å². The lowest BCUT2D eigenvalue weighted by molar-refractivity contribution is 0.0944. The van der Waals surface area contributed by atoms with E-state index in [1.807, 2.05) is 6.92 Å². The fourth-order valence-electron chi connectivity index (χ4n) is 1.98. The van der Waals surface area contributed by atoms with E-state index in [-0.39, 0.29) is 11.7 Å². The quantitative estimate of drug-likeness (QED) is 0.871. The minimum absolute atomic E-state index is 0.264. The molecule has 6 heteroatoms. The average Bonchev–Trinajstić information content (AvgIpc) is 2.82. The molecule has 0 saturated carbocycles. The summed E-state index contributed by atoms with van der Waals surface area (Å²) in [6.45, 7) is 2.78. The molecule has 0 bridgehead atoms. The number of nitrogens with zero attached hydrogens (tertiary/aromatic N) is 2. The molecule has 0 fully saturated rings. The Morgan fingerprint density at radius 1 is 1.45 bits per heavy atom. The number of aryl methyl sites for hydroxylation is 1. The third-order valence-electron chi connectivity index (χ3n) is 3.02. The van der Waals surface area contributed by atoms with E-state index < -0.39 is 0 Å². The topological polar surface area (TPSA) is 72.9 Å². The van der Waals surface area contributed by atoms with Crippen molar-refractivity contribution in [1.29, 1.82) is 0 Å². The highest BCUT2D eigenvalue weighted by atomic mass is 19.1. The molecule has 0 unspecified atom stereocenters. The lowest BCUT2D eigenvalue weighted by Crippen LogP contribution is -2.29. The van der Waals surface area contributed by atoms with E-state index in [2.05, 4.69) is 10.4 Å². The van der Waals surface area contributed by atoms with Crippen LogP contribution in [0.15, 0.2) is 30.5 Å². The van der Waals surface area contributed by atoms with Gasteiger partial charge in [0.25, 0.3) is 5.91 Å². The van der Waals surface area contributed by atoms with Crippen LogP contribution in [-0.4, -0.2) is 22.2 Å². The summed E-state index contributed by atoms with van der Waals surface area (Å²) >= 11 is 0. The molecule has 0 radical (unpaired) electrons. The molecule has 1 amide bonds. The molecule has 0 aliphatic heterocycles. The van der Waals surface area contributed by atoms with Crippen LogP contribution in [0.1, 0.15) is 23.0 Å². The van der Waals surface area contributed by atoms with Crippen LogP contribution in [0.4, 0.5) is 10.1 Å². The zero-order valence-corrected chi connectivity index (χ0v) is 11.3. The molecule has 0 atom stereocenters. The van der Waals surface area contributed by atoms with E-state index in [1.165, 1.54) is 16.9 Å². The van der Waals surface area contributed by atoms with Gasteiger partial charge in [-0.25, -0.2) is 4.39 Å². The molecular formula is C14H17FN4O. The molecule has 0 saturated heterocycles. The smallest absolute Gasteiger partial charge is 0.271 e. The predicted octanol–water partition coefficient (Wildman–Crippen LogP) is 1.60. The number of halogens is 1. The van der Waals surface area contributed by atoms with Gasteiger partial charge in [0.1, 0.15) is 11.5 Å². The molecule has 1 aromatic heterocycles. The Bertz CT molecular complexity index is 609. The number of anilines is 1. The van der Waals surface area contributed by atoms with Gasteiger partial charge in [-0.05, 0) is 25.0 Å². The number of hydrogen-bond donors (Lipinski definition) is 2. The van der Waals surface area contributed by atoms with Crippen LogP contribution in [0.2, 0.25) is 0 Å². The second kappa shape index (κ2) is 6.18. The van der Waals surface area contributed by atoms with Gasteiger partial charge in [-0.2, -0.15) is 5.10 Å². The fraction of sp³-hybridized carbons (Fsp3) is 0.286. The Hall–Kier alpha value is -2.37. The number of aromatic nitrogens is 2. The second-order valence-electron chi connectivity index (χ2n) is 4.36. The molecule has 5 nitrogen and oxygen atoms in total. The first kappa shape index (κ1) is 14.0. The standard InChI is InChI=1S/C14H17FN4O/c1-2-19-13(12(16)9-18-19)14(20)17-8-7-10-5-3-4-6-11(10)15/h3-6,9H,2,7-8,16H2,1H3,(H,17,20). The summed E-state index contributed by atoms with van der Waals surface area (Å²) in [6, 6.07) is 6.51. The van der Waals surface area contributed by atoms with Crippen molar-refractivity contribution in [2.24, 2.45) is 0 Å². The van der Waals surface area contributed by atoms with Crippen LogP contribution >= 0.6 is 0 Å². The monoisotopic (exact) mass is 276 g/mol. The maximum Gasteiger partial charge on any atom is 0.271 e. The minimum atomic E-state index is -0.293. The zero-order chi connectivity index (χ0) is 14.5. The van der Waals surface area contributed by atoms with Crippen molar-refractivity contribution in [2.45, 2.75) is 19.9 Å². The third-order valence-corrected chi connectivity index (χ3v) is 3.02. The van der Waals surface area contributed by atoms with Crippen LogP contribution < -0.4 is 11.1 Å². The highest BCUT2D eigenvalue weighted by Gasteiger charge is 2.15. The zero-order valence-electron chi connectivity index (χ0n) is 11.3. The molecule has 1 aromatic carbocycles. The van der Waals surface area contributed by atoms with Crippen molar-refractivity contribution in [3.8, 4) is 0 Å². The number of rotatable bonds is 5. The van der Waals surface area contributed by atoms with Gasteiger partial charge in [-0.15, -0.1) is 0 Å². The number of nitrogen functional groups attached to an aromatic ring is 1. The van der Waals surface area contributed by atoms with Crippen LogP contribution in [0, 0.1) is 5.82 Å². The summed E-state index contributed by atoms with van der Waals surface area (Å²) in [5, 5.41) is 6.74. The number of carbonyl (C=O) groups is 1. The van der Waals surface area contributed by atoms with E-state index >= 15 is 0 Å². The molecule has 20 heavy (non-hydrogen) atoms. The Labute approximate surface area is 116 Å². The van der Waals surface area contributed by atoms with Crippen LogP contribution in [-0.2, 0) is 13.0 Å². The number of nitrogens with one attached hydrogen (secondary N) is 1. The van der Waals surface area contributed by atoms with Crippen LogP contribution in [0.25, 0.3) is 0 Å². The first-order valence-corrected chi connectivity index (χ1v) is 6.46. The van der Waals surface area contributed by atoms with E-state index in [4.69, 9.17) is 5.73 Å². The number of carbonyl (C=O) groups excluding carboxylic acids is 1. The molecule has 3 N–H and O–H groups in total. The van der Waals surface area contributed by atoms with Crippen molar-refractivity contribution >= 4 is 11.6 Å². The Morgan fingerprint density at radius 2 is 2.20 bits per heavy atom. The highest BCUT2D eigenvalue weighted by Crippen LogP contribution is 2.11. The van der Waals surface area contributed by atoms with Crippen molar-refractivity contribution < 1.29 is 9.18 Å². The minimum Gasteiger partial charge on any atom is -0.396 e. The SMILES string of the molecule is CCn1ncc(N)c1C(=O)NCCc1ccccc1F. The first-order valence-electron chi connectivity index (χ1n) is 6.46. The Balaban J connectivity index is 1.96. The van der Waals surface area contributed by atoms with Crippen molar-refractivity contribution in [1.82, 2.24) is 15.1 Å². The van der Waals surface area contributed by atoms with Crippen LogP contribution in [0.5, 0.6) is 0 Å². The summed E-state index contributed by atoms with van der Waals surface area (Å²) in [7, 11) is 0. The van der Waals surface area contributed by atoms with Gasteiger partial charge in [-0.1, -0.05) is 18.2 Å². The molecule has 106 valence electrons. The lowest BCUT2D eigenvalue weighted by atomic mass is 10.1. The average molecular weight is 276 g/mol. The molecule has 0 spiro atoms. The first-order chi connectivity index (χ1) is 9.63. The Morgan fingerprint density at radius 3 is 2.90 bits per heavy atom. The summed E-state index contributed by atoms with van der Waals surface area (Å²) in [4.78, 5) is 12.0. The maximum atomic E-state index is 13.4. The fourth-order valence-corrected chi connectivity index (χ4v) is 1.98. The molecule has 2 aromatic rings. The third kappa shape index (κ3) is 2.96.